The van der Waals surface area contributed by atoms with Gasteiger partial charge in [0.05, 0.1) is 12.9 Å². The molecule has 0 N–H and O–H groups in total. The first-order chi connectivity index (χ1) is 14.1. The molecule has 1 aromatic heterocycles. The van der Waals surface area contributed by atoms with Crippen LogP contribution >= 0.6 is 11.8 Å². The molecule has 5 nitrogen and oxygen atoms in total. The predicted molar refractivity (Wildman–Crippen MR) is 117 cm³/mol. The van der Waals surface area contributed by atoms with Gasteiger partial charge in [0, 0.05) is 18.5 Å². The Morgan fingerprint density at radius 3 is 2.59 bits per heavy atom. The van der Waals surface area contributed by atoms with Gasteiger partial charge < -0.3 is 9.30 Å². The lowest BCUT2D eigenvalue weighted by atomic mass is 10.0. The van der Waals surface area contributed by atoms with E-state index in [1.54, 1.807) is 7.11 Å². The number of nitrogens with zero attached hydrogens (tertiary/aromatic N) is 3. The summed E-state index contributed by atoms with van der Waals surface area (Å²) in [5.74, 6) is 2.38. The summed E-state index contributed by atoms with van der Waals surface area (Å²) < 4.78 is 7.44. The van der Waals surface area contributed by atoms with Gasteiger partial charge in [0.1, 0.15) is 11.6 Å². The Hall–Kier alpha value is -2.60. The maximum atomic E-state index is 12.3. The number of ether oxygens (including phenoxy) is 1. The van der Waals surface area contributed by atoms with Crippen molar-refractivity contribution in [2.75, 3.05) is 12.9 Å². The number of aryl methyl sites for hydroxylation is 3. The van der Waals surface area contributed by atoms with Crippen molar-refractivity contribution in [3.05, 3.63) is 71.0 Å². The van der Waals surface area contributed by atoms with Gasteiger partial charge in [-0.25, -0.2) is 0 Å². The lowest BCUT2D eigenvalue weighted by Crippen LogP contribution is -2.06. The molecule has 0 radical (unpaired) electrons. The Morgan fingerprint density at radius 1 is 1.10 bits per heavy atom. The zero-order chi connectivity index (χ0) is 20.6. The first-order valence-electron chi connectivity index (χ1n) is 9.89. The Balaban J connectivity index is 1.56. The van der Waals surface area contributed by atoms with E-state index in [1.807, 2.05) is 36.4 Å². The van der Waals surface area contributed by atoms with Crippen LogP contribution in [0.25, 0.3) is 0 Å². The van der Waals surface area contributed by atoms with Gasteiger partial charge in [-0.05, 0) is 43.9 Å². The molecule has 0 saturated carbocycles. The zero-order valence-electron chi connectivity index (χ0n) is 17.2. The van der Waals surface area contributed by atoms with Gasteiger partial charge in [0.2, 0.25) is 0 Å². The molecule has 3 rings (SSSR count). The minimum Gasteiger partial charge on any atom is -0.496 e. The van der Waals surface area contributed by atoms with E-state index in [9.17, 15) is 4.79 Å². The summed E-state index contributed by atoms with van der Waals surface area (Å²) in [6.07, 6.45) is 2.84. The number of ketones is 1. The van der Waals surface area contributed by atoms with Gasteiger partial charge in [-0.2, -0.15) is 0 Å². The molecule has 0 bridgehead atoms. The van der Waals surface area contributed by atoms with Crippen LogP contribution in [0.4, 0.5) is 0 Å². The Morgan fingerprint density at radius 2 is 1.90 bits per heavy atom. The highest BCUT2D eigenvalue weighted by Gasteiger charge is 2.14. The highest BCUT2D eigenvalue weighted by Crippen LogP contribution is 2.21. The molecule has 6 heteroatoms. The highest BCUT2D eigenvalue weighted by atomic mass is 32.2. The van der Waals surface area contributed by atoms with E-state index < -0.39 is 0 Å². The fourth-order valence-electron chi connectivity index (χ4n) is 3.31. The summed E-state index contributed by atoms with van der Waals surface area (Å²) in [6.45, 7) is 4.95. The maximum absolute atomic E-state index is 12.3. The highest BCUT2D eigenvalue weighted by molar-refractivity contribution is 7.99. The quantitative estimate of drug-likeness (QED) is 0.357. The number of benzene rings is 2. The normalized spacial score (nSPS) is 10.9. The van der Waals surface area contributed by atoms with E-state index in [0.717, 1.165) is 53.7 Å². The average Bonchev–Trinajstić information content (AvgIpc) is 3.14. The van der Waals surface area contributed by atoms with Crippen molar-refractivity contribution in [1.82, 2.24) is 14.8 Å². The van der Waals surface area contributed by atoms with Crippen molar-refractivity contribution >= 4 is 17.5 Å². The van der Waals surface area contributed by atoms with Gasteiger partial charge in [-0.1, -0.05) is 54.2 Å². The van der Waals surface area contributed by atoms with Crippen molar-refractivity contribution in [2.24, 2.45) is 0 Å². The Bertz CT molecular complexity index is 954. The van der Waals surface area contributed by atoms with Crippen LogP contribution in [-0.4, -0.2) is 33.4 Å². The van der Waals surface area contributed by atoms with Crippen LogP contribution < -0.4 is 4.74 Å². The van der Waals surface area contributed by atoms with Crippen molar-refractivity contribution in [3.63, 3.8) is 0 Å². The molecule has 0 atom stereocenters. The van der Waals surface area contributed by atoms with Gasteiger partial charge >= 0.3 is 0 Å². The van der Waals surface area contributed by atoms with Crippen molar-refractivity contribution in [1.29, 1.82) is 0 Å². The minimum absolute atomic E-state index is 0.109. The predicted octanol–water partition coefficient (Wildman–Crippen LogP) is 4.77. The van der Waals surface area contributed by atoms with Gasteiger partial charge in [0.15, 0.2) is 10.9 Å². The van der Waals surface area contributed by atoms with Crippen molar-refractivity contribution < 1.29 is 9.53 Å². The van der Waals surface area contributed by atoms with Gasteiger partial charge in [-0.15, -0.1) is 10.2 Å². The number of thioether (sulfide) groups is 1. The topological polar surface area (TPSA) is 57.0 Å². The van der Waals surface area contributed by atoms with E-state index in [0.29, 0.717) is 5.75 Å². The van der Waals surface area contributed by atoms with E-state index in [4.69, 9.17) is 4.74 Å². The molecule has 0 fully saturated rings. The molecular formula is C23H27N3O2S. The summed E-state index contributed by atoms with van der Waals surface area (Å²) in [5.41, 5.74) is 3.19. The molecule has 29 heavy (non-hydrogen) atoms. The standard InChI is InChI=1S/C23H27N3O2S/c1-4-26-22(12-8-9-18-13-14-21(28-3)17(2)15-18)24-25-23(26)29-16-20(27)19-10-6-5-7-11-19/h5-7,10-11,13-15H,4,8-9,12,16H2,1-3H3. The second kappa shape index (κ2) is 10.3. The lowest BCUT2D eigenvalue weighted by molar-refractivity contribution is 0.102. The fraction of sp³-hybridized carbons (Fsp3) is 0.348. The number of hydrogen-bond acceptors (Lipinski definition) is 5. The van der Waals surface area contributed by atoms with Crippen LogP contribution in [0.3, 0.4) is 0 Å². The molecule has 0 saturated heterocycles. The van der Waals surface area contributed by atoms with Crippen molar-refractivity contribution in [2.45, 2.75) is 44.8 Å². The van der Waals surface area contributed by atoms with Crippen LogP contribution in [0.15, 0.2) is 53.7 Å². The van der Waals surface area contributed by atoms with E-state index in [2.05, 4.69) is 40.7 Å². The van der Waals surface area contributed by atoms with Crippen molar-refractivity contribution in [3.8, 4) is 5.75 Å². The molecule has 2 aromatic carbocycles. The maximum Gasteiger partial charge on any atom is 0.191 e. The van der Waals surface area contributed by atoms with Crippen LogP contribution in [0.1, 0.15) is 40.7 Å². The number of carbonyl (C=O) groups is 1. The van der Waals surface area contributed by atoms with E-state index in [-0.39, 0.29) is 5.78 Å². The first kappa shape index (κ1) is 21.1. The summed E-state index contributed by atoms with van der Waals surface area (Å²) in [7, 11) is 1.70. The summed E-state index contributed by atoms with van der Waals surface area (Å²) in [5, 5.41) is 9.51. The van der Waals surface area contributed by atoms with E-state index >= 15 is 0 Å². The fourth-order valence-corrected chi connectivity index (χ4v) is 4.23. The number of carbonyl (C=O) groups excluding carboxylic acids is 1. The number of aromatic nitrogens is 3. The third kappa shape index (κ3) is 5.48. The minimum atomic E-state index is 0.109. The van der Waals surface area contributed by atoms with Gasteiger partial charge in [-0.3, -0.25) is 4.79 Å². The summed E-state index contributed by atoms with van der Waals surface area (Å²) in [6, 6.07) is 15.7. The summed E-state index contributed by atoms with van der Waals surface area (Å²) >= 11 is 1.46. The molecule has 0 aliphatic rings. The second-order valence-corrected chi connectivity index (χ2v) is 7.82. The molecule has 0 amide bonds. The molecule has 0 unspecified atom stereocenters. The molecule has 0 spiro atoms. The molecule has 152 valence electrons. The lowest BCUT2D eigenvalue weighted by Gasteiger charge is -2.09. The number of hydrogen-bond donors (Lipinski definition) is 0. The number of rotatable bonds is 10. The third-order valence-electron chi connectivity index (χ3n) is 4.86. The summed E-state index contributed by atoms with van der Waals surface area (Å²) in [4.78, 5) is 12.3. The molecule has 0 aliphatic heterocycles. The molecular weight excluding hydrogens is 382 g/mol. The smallest absolute Gasteiger partial charge is 0.191 e. The monoisotopic (exact) mass is 409 g/mol. The third-order valence-corrected chi connectivity index (χ3v) is 5.83. The molecule has 1 heterocycles. The van der Waals surface area contributed by atoms with Crippen LogP contribution in [0.2, 0.25) is 0 Å². The average molecular weight is 410 g/mol. The number of Topliss-reactive ketones (excluding diaryl/α,β-unsaturated/α-hetero) is 1. The zero-order valence-corrected chi connectivity index (χ0v) is 18.0. The Labute approximate surface area is 176 Å². The van der Waals surface area contributed by atoms with E-state index in [1.165, 1.54) is 17.3 Å². The second-order valence-electron chi connectivity index (χ2n) is 6.88. The number of methoxy groups -OCH3 is 1. The molecule has 3 aromatic rings. The SMILES string of the molecule is CCn1c(CCCc2ccc(OC)c(C)c2)nnc1SCC(=O)c1ccccc1. The van der Waals surface area contributed by atoms with Crippen LogP contribution in [0, 0.1) is 6.92 Å². The molecule has 0 aliphatic carbocycles. The van der Waals surface area contributed by atoms with Gasteiger partial charge in [0.25, 0.3) is 0 Å². The first-order valence-corrected chi connectivity index (χ1v) is 10.9. The largest absolute Gasteiger partial charge is 0.496 e. The van der Waals surface area contributed by atoms with Crippen LogP contribution in [0.5, 0.6) is 5.75 Å². The Kier molecular flexibility index (Phi) is 7.47. The van der Waals surface area contributed by atoms with Crippen LogP contribution in [-0.2, 0) is 19.4 Å².